The van der Waals surface area contributed by atoms with Crippen LogP contribution in [0.5, 0.6) is 0 Å². The van der Waals surface area contributed by atoms with Crippen molar-refractivity contribution in [3.8, 4) is 0 Å². The Morgan fingerprint density at radius 3 is 0.750 bits per heavy atom. The molecular weight excluding hydrogens is 573 g/mol. The van der Waals surface area contributed by atoms with Crippen molar-refractivity contribution in [1.82, 2.24) is 0 Å². The average Bonchev–Trinajstić information content (AvgIpc) is 3.04. The Morgan fingerprint density at radius 1 is 0.273 bits per heavy atom. The van der Waals surface area contributed by atoms with Gasteiger partial charge in [-0.25, -0.2) is 0 Å². The second-order valence-corrected chi connectivity index (χ2v) is 22.5. The molecule has 0 aromatic carbocycles. The summed E-state index contributed by atoms with van der Waals surface area (Å²) >= 11 is 0. The zero-order valence-corrected chi connectivity index (χ0v) is 33.6. The number of hydrogen-bond acceptors (Lipinski definition) is 3. The Morgan fingerprint density at radius 2 is 0.500 bits per heavy atom. The third-order valence-corrected chi connectivity index (χ3v) is 19.0. The molecule has 0 spiro atoms. The molecule has 0 fully saturated rings. The van der Waals surface area contributed by atoms with E-state index in [1.807, 2.05) is 0 Å². The van der Waals surface area contributed by atoms with Gasteiger partial charge in [0.25, 0.3) is 0 Å². The van der Waals surface area contributed by atoms with Gasteiger partial charge in [0.1, 0.15) is 0 Å². The Bertz CT molecular complexity index is 492. The van der Waals surface area contributed by atoms with Gasteiger partial charge in [-0.3, -0.25) is 0 Å². The first-order chi connectivity index (χ1) is 21.6. The van der Waals surface area contributed by atoms with Crippen molar-refractivity contribution >= 4 is 16.9 Å². The van der Waals surface area contributed by atoms with E-state index in [4.69, 9.17) is 13.3 Å². The molecule has 0 amide bonds. The van der Waals surface area contributed by atoms with Gasteiger partial charge in [-0.15, -0.1) is 0 Å². The van der Waals surface area contributed by atoms with Gasteiger partial charge in [-0.1, -0.05) is 225 Å². The molecule has 0 aliphatic rings. The minimum absolute atomic E-state index is 0.985. The quantitative estimate of drug-likeness (QED) is 0.0492. The topological polar surface area (TPSA) is 27.7 Å². The maximum absolute atomic E-state index is 5.84. The molecule has 0 rings (SSSR count). The molecule has 44 heavy (non-hydrogen) atoms. The summed E-state index contributed by atoms with van der Waals surface area (Å²) in [7, 11) is 1.54. The van der Waals surface area contributed by atoms with Crippen LogP contribution in [0.1, 0.15) is 201 Å². The predicted octanol–water partition coefficient (Wildman–Crippen LogP) is 14.3. The van der Waals surface area contributed by atoms with E-state index < -0.39 is 16.9 Å². The normalized spacial score (nSPS) is 12.4. The predicted molar refractivity (Wildman–Crippen MR) is 203 cm³/mol. The Balaban J connectivity index is 5.09. The molecular formula is C39H84O3Si2. The van der Waals surface area contributed by atoms with Crippen LogP contribution in [0.4, 0.5) is 0 Å². The second kappa shape index (κ2) is 33.2. The third kappa shape index (κ3) is 25.4. The van der Waals surface area contributed by atoms with Crippen molar-refractivity contribution in [3.63, 3.8) is 0 Å². The standard InChI is InChI=1S/C39H84O3Si2/c1-7-10-13-16-19-22-25-28-31-35-43(38-34-39-44(40-4,41-5)42-6,36-32-29-26-23-20-17-14-11-8-2)37-33-30-27-24-21-18-15-12-9-3/h7-39H2,1-6H3. The van der Waals surface area contributed by atoms with Crippen LogP contribution >= 0.6 is 0 Å². The van der Waals surface area contributed by atoms with Crippen LogP contribution in [0, 0.1) is 0 Å². The Kier molecular flexibility index (Phi) is 33.5. The fourth-order valence-electron chi connectivity index (χ4n) is 7.42. The lowest BCUT2D eigenvalue weighted by Crippen LogP contribution is -2.43. The van der Waals surface area contributed by atoms with E-state index in [1.54, 1.807) is 39.5 Å². The lowest BCUT2D eigenvalue weighted by Gasteiger charge is -2.34. The average molecular weight is 657 g/mol. The first-order valence-electron chi connectivity index (χ1n) is 20.2. The van der Waals surface area contributed by atoms with Gasteiger partial charge in [-0.2, -0.15) is 0 Å². The molecule has 3 nitrogen and oxygen atoms in total. The van der Waals surface area contributed by atoms with E-state index in [-0.39, 0.29) is 0 Å². The van der Waals surface area contributed by atoms with Crippen molar-refractivity contribution in [2.75, 3.05) is 21.3 Å². The molecule has 0 saturated carbocycles. The van der Waals surface area contributed by atoms with E-state index in [2.05, 4.69) is 20.8 Å². The summed E-state index contributed by atoms with van der Waals surface area (Å²) in [6.07, 6.45) is 40.2. The van der Waals surface area contributed by atoms with Gasteiger partial charge in [0, 0.05) is 27.4 Å². The largest absolute Gasteiger partial charge is 0.500 e. The SMILES string of the molecule is CCCCCCCCCCC[Si](CCCCCCCCCCC)(CCCCCCCCCCC)CCC[Si](OC)(OC)OC. The summed E-state index contributed by atoms with van der Waals surface area (Å²) in [6, 6.07) is 7.15. The van der Waals surface area contributed by atoms with Crippen LogP contribution in [-0.2, 0) is 13.3 Å². The molecule has 266 valence electrons. The van der Waals surface area contributed by atoms with E-state index in [9.17, 15) is 0 Å². The van der Waals surface area contributed by atoms with Crippen molar-refractivity contribution in [1.29, 1.82) is 0 Å². The smallest absolute Gasteiger partial charge is 0.377 e. The highest BCUT2D eigenvalue weighted by atomic mass is 28.4. The van der Waals surface area contributed by atoms with Gasteiger partial charge in [-0.05, 0) is 0 Å². The van der Waals surface area contributed by atoms with Gasteiger partial charge < -0.3 is 13.3 Å². The molecule has 0 aliphatic carbocycles. The van der Waals surface area contributed by atoms with Crippen molar-refractivity contribution < 1.29 is 13.3 Å². The molecule has 0 aromatic rings. The van der Waals surface area contributed by atoms with E-state index in [0.717, 1.165) is 6.04 Å². The first kappa shape index (κ1) is 44.3. The van der Waals surface area contributed by atoms with Crippen molar-refractivity contribution in [2.24, 2.45) is 0 Å². The summed E-state index contributed by atoms with van der Waals surface area (Å²) in [5, 5.41) is 0. The molecule has 5 heteroatoms. The zero-order chi connectivity index (χ0) is 32.5. The number of unbranched alkanes of at least 4 members (excludes halogenated alkanes) is 24. The highest BCUT2D eigenvalue weighted by molar-refractivity contribution is 6.80. The van der Waals surface area contributed by atoms with E-state index >= 15 is 0 Å². The van der Waals surface area contributed by atoms with Gasteiger partial charge in [0.2, 0.25) is 0 Å². The van der Waals surface area contributed by atoms with Crippen LogP contribution in [-0.4, -0.2) is 38.2 Å². The lowest BCUT2D eigenvalue weighted by atomic mass is 10.1. The maximum atomic E-state index is 5.84. The summed E-state index contributed by atoms with van der Waals surface area (Å²) in [4.78, 5) is 0. The second-order valence-electron chi connectivity index (χ2n) is 14.4. The zero-order valence-electron chi connectivity index (χ0n) is 31.6. The summed E-state index contributed by atoms with van der Waals surface area (Å²) in [5.74, 6) is 0. The Labute approximate surface area is 281 Å². The molecule has 0 atom stereocenters. The molecule has 0 radical (unpaired) electrons. The molecule has 0 N–H and O–H groups in total. The van der Waals surface area contributed by atoms with Crippen LogP contribution < -0.4 is 0 Å². The molecule has 0 heterocycles. The van der Waals surface area contributed by atoms with Gasteiger partial charge in [0.15, 0.2) is 0 Å². The monoisotopic (exact) mass is 657 g/mol. The molecule has 0 aliphatic heterocycles. The molecule has 0 aromatic heterocycles. The fourth-order valence-corrected chi connectivity index (χ4v) is 14.9. The third-order valence-electron chi connectivity index (χ3n) is 10.6. The van der Waals surface area contributed by atoms with Crippen LogP contribution in [0.2, 0.25) is 30.2 Å². The lowest BCUT2D eigenvalue weighted by molar-refractivity contribution is 0.123. The van der Waals surface area contributed by atoms with E-state index in [1.165, 1.54) is 186 Å². The maximum Gasteiger partial charge on any atom is 0.500 e. The fraction of sp³-hybridized carbons (Fsp3) is 1.00. The summed E-state index contributed by atoms with van der Waals surface area (Å²) in [5.41, 5.74) is 0. The minimum atomic E-state index is -2.48. The number of rotatable bonds is 37. The van der Waals surface area contributed by atoms with Crippen molar-refractivity contribution in [2.45, 2.75) is 231 Å². The number of hydrogen-bond donors (Lipinski definition) is 0. The van der Waals surface area contributed by atoms with Gasteiger partial charge >= 0.3 is 8.80 Å². The Hall–Kier alpha value is 0.314. The molecule has 0 saturated heterocycles. The molecule has 0 bridgehead atoms. The van der Waals surface area contributed by atoms with Crippen LogP contribution in [0.25, 0.3) is 0 Å². The highest BCUT2D eigenvalue weighted by Gasteiger charge is 2.39. The first-order valence-corrected chi connectivity index (χ1v) is 25.0. The summed E-state index contributed by atoms with van der Waals surface area (Å²) in [6.45, 7) is 6.96. The highest BCUT2D eigenvalue weighted by Crippen LogP contribution is 2.36. The minimum Gasteiger partial charge on any atom is -0.377 e. The van der Waals surface area contributed by atoms with Gasteiger partial charge in [0.05, 0.1) is 8.07 Å². The van der Waals surface area contributed by atoms with Crippen LogP contribution in [0.15, 0.2) is 0 Å². The summed E-state index contributed by atoms with van der Waals surface area (Å²) < 4.78 is 17.5. The van der Waals surface area contributed by atoms with Crippen molar-refractivity contribution in [3.05, 3.63) is 0 Å². The van der Waals surface area contributed by atoms with Crippen LogP contribution in [0.3, 0.4) is 0 Å². The van der Waals surface area contributed by atoms with E-state index in [0.29, 0.717) is 0 Å². The molecule has 0 unspecified atom stereocenters.